The molecule has 2 atom stereocenters. The van der Waals surface area contributed by atoms with Crippen LogP contribution >= 0.6 is 0 Å². The summed E-state index contributed by atoms with van der Waals surface area (Å²) in [6, 6.07) is 6.75. The summed E-state index contributed by atoms with van der Waals surface area (Å²) in [7, 11) is 2.15. The summed E-state index contributed by atoms with van der Waals surface area (Å²) in [4.78, 5) is 14.4. The van der Waals surface area contributed by atoms with Crippen molar-refractivity contribution in [1.29, 1.82) is 0 Å². The van der Waals surface area contributed by atoms with Crippen molar-refractivity contribution in [3.8, 4) is 11.5 Å². The summed E-state index contributed by atoms with van der Waals surface area (Å²) in [6.45, 7) is 6.57. The second-order valence-corrected chi connectivity index (χ2v) is 7.44. The molecule has 25 heavy (non-hydrogen) atoms. The Bertz CT molecular complexity index is 615. The average molecular weight is 345 g/mol. The zero-order chi connectivity index (χ0) is 17.9. The molecule has 138 valence electrons. The van der Waals surface area contributed by atoms with Gasteiger partial charge < -0.3 is 14.4 Å². The van der Waals surface area contributed by atoms with Crippen molar-refractivity contribution in [2.75, 3.05) is 26.8 Å². The van der Waals surface area contributed by atoms with Crippen LogP contribution in [0.2, 0.25) is 0 Å². The first-order chi connectivity index (χ1) is 12.1. The van der Waals surface area contributed by atoms with Crippen LogP contribution in [0.4, 0.5) is 0 Å². The van der Waals surface area contributed by atoms with Gasteiger partial charge in [0.15, 0.2) is 11.5 Å². The lowest BCUT2D eigenvalue weighted by atomic mass is 9.66. The van der Waals surface area contributed by atoms with E-state index >= 15 is 0 Å². The Morgan fingerprint density at radius 1 is 1.20 bits per heavy atom. The molecule has 0 radical (unpaired) electrons. The first-order valence-electron chi connectivity index (χ1n) is 9.72. The van der Waals surface area contributed by atoms with Gasteiger partial charge in [0, 0.05) is 24.3 Å². The summed E-state index contributed by atoms with van der Waals surface area (Å²) < 4.78 is 11.8. The Hall–Kier alpha value is -1.55. The van der Waals surface area contributed by atoms with Gasteiger partial charge >= 0.3 is 0 Å². The second-order valence-electron chi connectivity index (χ2n) is 7.44. The zero-order valence-corrected chi connectivity index (χ0v) is 15.8. The number of carbonyl (C=O) groups excluding carboxylic acids is 1. The van der Waals surface area contributed by atoms with Gasteiger partial charge in [0.05, 0.1) is 13.2 Å². The van der Waals surface area contributed by atoms with Crippen molar-refractivity contribution in [1.82, 2.24) is 4.90 Å². The molecule has 2 fully saturated rings. The molecule has 1 aliphatic heterocycles. The topological polar surface area (TPSA) is 38.8 Å². The van der Waals surface area contributed by atoms with E-state index in [0.717, 1.165) is 50.3 Å². The Balaban J connectivity index is 1.92. The van der Waals surface area contributed by atoms with Crippen molar-refractivity contribution in [3.05, 3.63) is 23.8 Å². The molecule has 1 saturated carbocycles. The summed E-state index contributed by atoms with van der Waals surface area (Å²) in [5.41, 5.74) is 1.39. The standard InChI is InChI=1S/C21H31NO3/c1-4-6-13-25-19-14-16(7-8-18(19)24-5-2)21-10-9-17(23)15-20(21)22(3)12-11-21/h7-8,14,20H,4-6,9-13,15H2,1-3H3/t20-,21-/m0/s1. The number of carbonyl (C=O) groups is 1. The number of ether oxygens (including phenoxy) is 2. The number of nitrogens with zero attached hydrogens (tertiary/aromatic N) is 1. The van der Waals surface area contributed by atoms with E-state index in [4.69, 9.17) is 9.47 Å². The molecule has 3 rings (SSSR count). The summed E-state index contributed by atoms with van der Waals surface area (Å²) in [5, 5.41) is 0. The zero-order valence-electron chi connectivity index (χ0n) is 15.8. The van der Waals surface area contributed by atoms with Gasteiger partial charge in [0.1, 0.15) is 5.78 Å². The fraction of sp³-hybridized carbons (Fsp3) is 0.667. The molecule has 0 N–H and O–H groups in total. The van der Waals surface area contributed by atoms with Gasteiger partial charge in [-0.15, -0.1) is 0 Å². The highest BCUT2D eigenvalue weighted by atomic mass is 16.5. The average Bonchev–Trinajstić information content (AvgIpc) is 2.94. The molecule has 0 bridgehead atoms. The predicted octanol–water partition coefficient (Wildman–Crippen LogP) is 3.96. The number of unbranched alkanes of at least 4 members (excludes halogenated alkanes) is 1. The first kappa shape index (κ1) is 18.2. The van der Waals surface area contributed by atoms with Gasteiger partial charge in [-0.05, 0) is 57.5 Å². The number of rotatable bonds is 7. The van der Waals surface area contributed by atoms with Crippen LogP contribution in [0.1, 0.15) is 57.9 Å². The van der Waals surface area contributed by atoms with Crippen LogP contribution in [0, 0.1) is 0 Å². The van der Waals surface area contributed by atoms with E-state index in [9.17, 15) is 4.79 Å². The maximum absolute atomic E-state index is 12.0. The van der Waals surface area contributed by atoms with Crippen molar-refractivity contribution in [3.63, 3.8) is 0 Å². The van der Waals surface area contributed by atoms with E-state index in [0.29, 0.717) is 31.3 Å². The minimum Gasteiger partial charge on any atom is -0.490 e. The number of ketones is 1. The SMILES string of the molecule is CCCCOc1cc([C@@]23CCC(=O)C[C@@H]2N(C)CC3)ccc1OCC. The van der Waals surface area contributed by atoms with Gasteiger partial charge in [0.2, 0.25) is 0 Å². The highest BCUT2D eigenvalue weighted by Crippen LogP contribution is 2.49. The van der Waals surface area contributed by atoms with Crippen molar-refractivity contribution in [2.24, 2.45) is 0 Å². The predicted molar refractivity (Wildman–Crippen MR) is 99.6 cm³/mol. The maximum atomic E-state index is 12.0. The van der Waals surface area contributed by atoms with Gasteiger partial charge in [-0.25, -0.2) is 0 Å². The van der Waals surface area contributed by atoms with Gasteiger partial charge in [-0.2, -0.15) is 0 Å². The molecule has 4 heteroatoms. The molecule has 1 aromatic carbocycles. The molecule has 0 amide bonds. The molecule has 0 spiro atoms. The lowest BCUT2D eigenvalue weighted by Gasteiger charge is -2.41. The molecule has 2 aliphatic rings. The van der Waals surface area contributed by atoms with Gasteiger partial charge in [-0.3, -0.25) is 4.79 Å². The molecule has 0 aromatic heterocycles. The van der Waals surface area contributed by atoms with E-state index in [1.807, 2.05) is 6.92 Å². The summed E-state index contributed by atoms with van der Waals surface area (Å²) in [6.07, 6.45) is 5.59. The Morgan fingerprint density at radius 3 is 2.80 bits per heavy atom. The Kier molecular flexibility index (Phi) is 5.67. The molecule has 1 aliphatic carbocycles. The third-order valence-electron chi connectivity index (χ3n) is 5.93. The molecular formula is C21H31NO3. The number of benzene rings is 1. The molecule has 1 heterocycles. The minimum absolute atomic E-state index is 0.0796. The third kappa shape index (κ3) is 3.55. The third-order valence-corrected chi connectivity index (χ3v) is 5.93. The number of likely N-dealkylation sites (N-methyl/N-ethyl adjacent to an activating group) is 1. The van der Waals surface area contributed by atoms with Crippen molar-refractivity contribution >= 4 is 5.78 Å². The van der Waals surface area contributed by atoms with Crippen LogP contribution in [0.15, 0.2) is 18.2 Å². The van der Waals surface area contributed by atoms with E-state index in [1.165, 1.54) is 5.56 Å². The first-order valence-corrected chi connectivity index (χ1v) is 9.72. The van der Waals surface area contributed by atoms with Crippen LogP contribution in [-0.2, 0) is 10.2 Å². The Morgan fingerprint density at radius 2 is 2.04 bits per heavy atom. The number of fused-ring (bicyclic) bond motifs is 1. The minimum atomic E-state index is 0.0796. The van der Waals surface area contributed by atoms with Crippen LogP contribution in [0.3, 0.4) is 0 Å². The summed E-state index contributed by atoms with van der Waals surface area (Å²) >= 11 is 0. The van der Waals surface area contributed by atoms with E-state index in [1.54, 1.807) is 0 Å². The van der Waals surface area contributed by atoms with Gasteiger partial charge in [0.25, 0.3) is 0 Å². The number of hydrogen-bond donors (Lipinski definition) is 0. The van der Waals surface area contributed by atoms with Crippen LogP contribution in [0.25, 0.3) is 0 Å². The highest BCUT2D eigenvalue weighted by molar-refractivity contribution is 5.81. The van der Waals surface area contributed by atoms with E-state index in [-0.39, 0.29) is 5.41 Å². The smallest absolute Gasteiger partial charge is 0.161 e. The van der Waals surface area contributed by atoms with Crippen LogP contribution in [0.5, 0.6) is 11.5 Å². The fourth-order valence-electron chi connectivity index (χ4n) is 4.46. The number of likely N-dealkylation sites (tertiary alicyclic amines) is 1. The van der Waals surface area contributed by atoms with Gasteiger partial charge in [-0.1, -0.05) is 19.4 Å². The molecule has 0 unspecified atom stereocenters. The normalized spacial score (nSPS) is 26.5. The van der Waals surface area contributed by atoms with E-state index < -0.39 is 0 Å². The molecule has 4 nitrogen and oxygen atoms in total. The van der Waals surface area contributed by atoms with Crippen LogP contribution in [-0.4, -0.2) is 43.5 Å². The maximum Gasteiger partial charge on any atom is 0.161 e. The molecule has 1 aromatic rings. The number of hydrogen-bond acceptors (Lipinski definition) is 4. The van der Waals surface area contributed by atoms with Crippen molar-refractivity contribution in [2.45, 2.75) is 63.8 Å². The van der Waals surface area contributed by atoms with Crippen molar-refractivity contribution < 1.29 is 14.3 Å². The summed E-state index contributed by atoms with van der Waals surface area (Å²) in [5.74, 6) is 2.08. The molecular weight excluding hydrogens is 314 g/mol. The lowest BCUT2D eigenvalue weighted by Crippen LogP contribution is -2.46. The number of Topliss-reactive ketones (excluding diaryl/α,β-unsaturated/α-hetero) is 1. The van der Waals surface area contributed by atoms with E-state index in [2.05, 4.69) is 37.1 Å². The largest absolute Gasteiger partial charge is 0.490 e. The Labute approximate surface area is 151 Å². The lowest BCUT2D eigenvalue weighted by molar-refractivity contribution is -0.122. The monoisotopic (exact) mass is 345 g/mol. The molecule has 1 saturated heterocycles. The van der Waals surface area contributed by atoms with Crippen LogP contribution < -0.4 is 9.47 Å². The highest BCUT2D eigenvalue weighted by Gasteiger charge is 2.50. The fourth-order valence-corrected chi connectivity index (χ4v) is 4.46. The quantitative estimate of drug-likeness (QED) is 0.701. The second kappa shape index (κ2) is 7.77.